The summed E-state index contributed by atoms with van der Waals surface area (Å²) in [6.07, 6.45) is -8.49. The predicted octanol–water partition coefficient (Wildman–Crippen LogP) is 1.68. The zero-order valence-electron chi connectivity index (χ0n) is 37.1. The van der Waals surface area contributed by atoms with Gasteiger partial charge in [-0.3, -0.25) is 9.59 Å². The highest BCUT2D eigenvalue weighted by atomic mass is 16.8. The maximum atomic E-state index is 13.7. The predicted molar refractivity (Wildman–Crippen MR) is 230 cm³/mol. The van der Waals surface area contributed by atoms with Crippen LogP contribution >= 0.6 is 0 Å². The van der Waals surface area contributed by atoms with Gasteiger partial charge in [0.15, 0.2) is 46.7 Å². The van der Waals surface area contributed by atoms with Crippen LogP contribution in [-0.2, 0) is 61.9 Å². The van der Waals surface area contributed by atoms with E-state index < -0.39 is 104 Å². The van der Waals surface area contributed by atoms with E-state index in [1.165, 1.54) is 94.2 Å². The molecule has 6 N–H and O–H groups in total. The summed E-state index contributed by atoms with van der Waals surface area (Å²) in [6, 6.07) is 12.5. The number of hydrogen-bond donors (Lipinski definition) is 6. The molecule has 2 saturated heterocycles. The normalized spacial score (nSPS) is 24.6. The first-order valence-electron chi connectivity index (χ1n) is 20.4. The maximum Gasteiger partial charge on any atom is 0.331 e. The number of carbonyl (C=O) groups excluding carboxylic acids is 5. The van der Waals surface area contributed by atoms with Gasteiger partial charge in [-0.2, -0.15) is 0 Å². The molecule has 0 spiro atoms. The lowest BCUT2D eigenvalue weighted by atomic mass is 9.98. The van der Waals surface area contributed by atoms with Crippen molar-refractivity contribution in [2.45, 2.75) is 68.7 Å². The van der Waals surface area contributed by atoms with E-state index in [-0.39, 0.29) is 34.5 Å². The number of methoxy groups -OCH3 is 3. The fourth-order valence-electron chi connectivity index (χ4n) is 6.72. The molecular formula is C46H50O22. The number of aliphatic hydroxyl groups excluding tert-OH is 3. The van der Waals surface area contributed by atoms with E-state index in [0.717, 1.165) is 32.1 Å². The summed E-state index contributed by atoms with van der Waals surface area (Å²) in [5, 5.41) is 64.0. The smallest absolute Gasteiger partial charge is 0.331 e. The van der Waals surface area contributed by atoms with E-state index in [4.69, 9.17) is 52.1 Å². The zero-order valence-corrected chi connectivity index (χ0v) is 37.1. The van der Waals surface area contributed by atoms with Crippen LogP contribution in [0.15, 0.2) is 72.8 Å². The molecule has 2 aliphatic rings. The summed E-state index contributed by atoms with van der Waals surface area (Å²) < 4.78 is 60.6. The van der Waals surface area contributed by atoms with Gasteiger partial charge >= 0.3 is 29.8 Å². The number of benzene rings is 3. The minimum absolute atomic E-state index is 0.0668. The van der Waals surface area contributed by atoms with Gasteiger partial charge in [0.2, 0.25) is 12.1 Å². The fourth-order valence-corrected chi connectivity index (χ4v) is 6.72. The van der Waals surface area contributed by atoms with E-state index in [1.807, 2.05) is 0 Å². The van der Waals surface area contributed by atoms with Gasteiger partial charge < -0.3 is 82.7 Å². The van der Waals surface area contributed by atoms with Crippen LogP contribution in [0.1, 0.15) is 30.5 Å². The van der Waals surface area contributed by atoms with Crippen LogP contribution in [0.5, 0.6) is 34.5 Å². The Bertz CT molecular complexity index is 2370. The molecule has 22 heteroatoms. The molecule has 2 fully saturated rings. The third-order valence-corrected chi connectivity index (χ3v) is 10.1. The Morgan fingerprint density at radius 3 is 1.53 bits per heavy atom. The molecule has 5 rings (SSSR count). The molecule has 9 atom stereocenters. The van der Waals surface area contributed by atoms with Gasteiger partial charge in [-0.15, -0.1) is 0 Å². The average Bonchev–Trinajstić information content (AvgIpc) is 3.56. The number of esters is 5. The van der Waals surface area contributed by atoms with Gasteiger partial charge in [-0.1, -0.05) is 18.2 Å². The van der Waals surface area contributed by atoms with Gasteiger partial charge in [0.05, 0.1) is 21.3 Å². The molecule has 0 aromatic heterocycles. The van der Waals surface area contributed by atoms with E-state index in [1.54, 1.807) is 0 Å². The third-order valence-electron chi connectivity index (χ3n) is 10.1. The summed E-state index contributed by atoms with van der Waals surface area (Å²) in [6.45, 7) is -0.550. The van der Waals surface area contributed by atoms with Gasteiger partial charge in [-0.25, -0.2) is 14.4 Å². The molecule has 68 heavy (non-hydrogen) atoms. The first kappa shape index (κ1) is 51.8. The Labute approximate surface area is 388 Å². The zero-order chi connectivity index (χ0) is 49.7. The molecule has 0 bridgehead atoms. The summed E-state index contributed by atoms with van der Waals surface area (Å²) in [7, 11) is 3.96. The van der Waals surface area contributed by atoms with Gasteiger partial charge in [0.1, 0.15) is 50.3 Å². The second-order valence-electron chi connectivity index (χ2n) is 14.9. The molecule has 0 saturated carbocycles. The average molecular weight is 955 g/mol. The Hall–Kier alpha value is -7.21. The summed E-state index contributed by atoms with van der Waals surface area (Å²) in [4.78, 5) is 64.2. The standard InChI is InChI=1S/C46H50O22/c1-24(47)61-21-35-40(55)42(57)43(64-25(2)48)45(65-35)68-46(23-63-38(53)16-10-27-7-13-30(50)33(19-27)59-4)44(66-39(54)17-11-28-8-14-31(51)34(20-28)60-5)41(56)36(67-46)22-62-37(52)15-9-26-6-12-29(49)32(18-26)58-3/h6-20,35-36,40-45,49-51,55-57H,21-23H2,1-5H3/b15-9+,16-10+,17-11+/t35-,36-,40-,41-,42+,43-,44+,45-,46+/m1/s1. The highest BCUT2D eigenvalue weighted by Gasteiger charge is 2.62. The molecule has 366 valence electrons. The van der Waals surface area contributed by atoms with Crippen molar-refractivity contribution in [1.82, 2.24) is 0 Å². The number of hydrogen-bond acceptors (Lipinski definition) is 22. The molecule has 2 aliphatic heterocycles. The Morgan fingerprint density at radius 1 is 0.588 bits per heavy atom. The number of rotatable bonds is 19. The second-order valence-corrected chi connectivity index (χ2v) is 14.9. The van der Waals surface area contributed by atoms with Crippen molar-refractivity contribution in [2.75, 3.05) is 41.2 Å². The fraction of sp³-hybridized carbons (Fsp3) is 0.370. The monoisotopic (exact) mass is 954 g/mol. The van der Waals surface area contributed by atoms with Crippen LogP contribution in [0.25, 0.3) is 18.2 Å². The van der Waals surface area contributed by atoms with Gasteiger partial charge in [-0.05, 0) is 71.3 Å². The van der Waals surface area contributed by atoms with Crippen LogP contribution in [0.2, 0.25) is 0 Å². The summed E-state index contributed by atoms with van der Waals surface area (Å²) >= 11 is 0. The molecule has 3 aromatic carbocycles. The number of aliphatic hydroxyl groups is 3. The van der Waals surface area contributed by atoms with Gasteiger partial charge in [0, 0.05) is 32.1 Å². The van der Waals surface area contributed by atoms with Crippen LogP contribution in [0.4, 0.5) is 0 Å². The van der Waals surface area contributed by atoms with Crippen molar-refractivity contribution in [3.63, 3.8) is 0 Å². The lowest BCUT2D eigenvalue weighted by Gasteiger charge is -2.44. The largest absolute Gasteiger partial charge is 0.504 e. The first-order chi connectivity index (χ1) is 32.4. The third kappa shape index (κ3) is 13.5. The SMILES string of the molecule is COc1cc(/C=C/C(=O)OC[C@H]2O[C@@](COC(=O)/C=C/c3ccc(O)c(OC)c3)(O[C@H]3O[C@H](COC(C)=O)[C@@H](O)[C@H](O)[C@H]3OC(C)=O)[C@@H](OC(=O)/C=C/c3ccc(O)c(OC)c3)[C@@H]2O)ccc1O. The molecule has 0 radical (unpaired) electrons. The van der Waals surface area contributed by atoms with Crippen molar-refractivity contribution in [2.24, 2.45) is 0 Å². The minimum Gasteiger partial charge on any atom is -0.504 e. The summed E-state index contributed by atoms with van der Waals surface area (Å²) in [5.41, 5.74) is 1.12. The van der Waals surface area contributed by atoms with E-state index in [9.17, 15) is 54.6 Å². The Morgan fingerprint density at radius 2 is 1.06 bits per heavy atom. The lowest BCUT2D eigenvalue weighted by Crippen LogP contribution is -2.64. The van der Waals surface area contributed by atoms with Crippen molar-refractivity contribution in [3.05, 3.63) is 89.5 Å². The Balaban J connectivity index is 1.53. The minimum atomic E-state index is -2.73. The summed E-state index contributed by atoms with van der Waals surface area (Å²) in [5.74, 6) is -8.07. The number of ether oxygens (including phenoxy) is 11. The maximum absolute atomic E-state index is 13.7. The molecule has 3 aromatic rings. The number of phenolic OH excluding ortho intramolecular Hbond substituents is 3. The van der Waals surface area contributed by atoms with Crippen molar-refractivity contribution >= 4 is 48.1 Å². The van der Waals surface area contributed by atoms with Crippen molar-refractivity contribution in [1.29, 1.82) is 0 Å². The Kier molecular flexibility index (Phi) is 17.9. The second kappa shape index (κ2) is 23.5. The highest BCUT2D eigenvalue weighted by Crippen LogP contribution is 2.40. The number of phenols is 3. The van der Waals surface area contributed by atoms with Crippen LogP contribution < -0.4 is 14.2 Å². The topological polar surface area (TPSA) is 308 Å². The highest BCUT2D eigenvalue weighted by molar-refractivity contribution is 5.88. The molecular weight excluding hydrogens is 904 g/mol. The van der Waals surface area contributed by atoms with Crippen LogP contribution in [0, 0.1) is 0 Å². The number of carbonyl (C=O) groups is 5. The quantitative estimate of drug-likeness (QED) is 0.0566. The van der Waals surface area contributed by atoms with E-state index >= 15 is 0 Å². The van der Waals surface area contributed by atoms with Crippen molar-refractivity contribution < 1.29 is 107 Å². The molecule has 22 nitrogen and oxygen atoms in total. The lowest BCUT2D eigenvalue weighted by molar-refractivity contribution is -0.383. The van der Waals surface area contributed by atoms with Gasteiger partial charge in [0.25, 0.3) is 0 Å². The molecule has 0 amide bonds. The van der Waals surface area contributed by atoms with E-state index in [2.05, 4.69) is 0 Å². The molecule has 0 unspecified atom stereocenters. The van der Waals surface area contributed by atoms with E-state index in [0.29, 0.717) is 16.7 Å². The van der Waals surface area contributed by atoms with Crippen LogP contribution in [0.3, 0.4) is 0 Å². The van der Waals surface area contributed by atoms with Crippen LogP contribution in [-0.4, -0.2) is 156 Å². The molecule has 2 heterocycles. The number of aromatic hydroxyl groups is 3. The van der Waals surface area contributed by atoms with Crippen molar-refractivity contribution in [3.8, 4) is 34.5 Å². The first-order valence-corrected chi connectivity index (χ1v) is 20.4. The molecule has 0 aliphatic carbocycles.